The van der Waals surface area contributed by atoms with E-state index >= 15 is 0 Å². The van der Waals surface area contributed by atoms with Gasteiger partial charge in [-0.25, -0.2) is 9.67 Å². The van der Waals surface area contributed by atoms with E-state index in [2.05, 4.69) is 37.8 Å². The third kappa shape index (κ3) is 6.23. The number of methoxy groups -OCH3 is 1. The molecule has 0 radical (unpaired) electrons. The molecule has 1 aromatic heterocycles. The van der Waals surface area contributed by atoms with Crippen LogP contribution in [0.15, 0.2) is 23.2 Å². The maximum Gasteiger partial charge on any atom is 0.191 e. The molecule has 1 aliphatic rings. The van der Waals surface area contributed by atoms with E-state index < -0.39 is 0 Å². The first-order valence-electron chi connectivity index (χ1n) is 10.3. The summed E-state index contributed by atoms with van der Waals surface area (Å²) in [6.45, 7) is 6.30. The molecular formula is C21H33IN6O2. The van der Waals surface area contributed by atoms with Crippen molar-refractivity contribution in [3.05, 3.63) is 35.4 Å². The van der Waals surface area contributed by atoms with Crippen LogP contribution in [0.3, 0.4) is 0 Å². The number of aliphatic imine (C=N–C) groups is 1. The second kappa shape index (κ2) is 12.0. The Labute approximate surface area is 195 Å². The maximum absolute atomic E-state index is 5.66. The molecule has 0 saturated heterocycles. The number of nitrogens with zero attached hydrogens (tertiary/aromatic N) is 4. The fraction of sp³-hybridized carbons (Fsp3) is 0.571. The number of hydrogen-bond donors (Lipinski definition) is 2. The molecule has 30 heavy (non-hydrogen) atoms. The monoisotopic (exact) mass is 528 g/mol. The predicted molar refractivity (Wildman–Crippen MR) is 129 cm³/mol. The minimum atomic E-state index is 0. The molecule has 8 nitrogen and oxygen atoms in total. The lowest BCUT2D eigenvalue weighted by molar-refractivity contribution is 0.310. The summed E-state index contributed by atoms with van der Waals surface area (Å²) >= 11 is 0. The van der Waals surface area contributed by atoms with Crippen molar-refractivity contribution in [1.29, 1.82) is 0 Å². The third-order valence-corrected chi connectivity index (χ3v) is 4.98. The number of aromatic nitrogens is 3. The van der Waals surface area contributed by atoms with Gasteiger partial charge in [0.2, 0.25) is 0 Å². The smallest absolute Gasteiger partial charge is 0.191 e. The molecule has 9 heteroatoms. The van der Waals surface area contributed by atoms with E-state index in [1.54, 1.807) is 14.2 Å². The number of rotatable bonds is 8. The van der Waals surface area contributed by atoms with Crippen molar-refractivity contribution in [2.24, 2.45) is 4.99 Å². The largest absolute Gasteiger partial charge is 0.493 e. The summed E-state index contributed by atoms with van der Waals surface area (Å²) in [7, 11) is 3.46. The molecule has 0 saturated carbocycles. The van der Waals surface area contributed by atoms with Crippen LogP contribution in [-0.4, -0.2) is 48.0 Å². The molecule has 166 valence electrons. The highest BCUT2D eigenvalue weighted by Crippen LogP contribution is 2.28. The molecule has 0 aliphatic carbocycles. The van der Waals surface area contributed by atoms with Gasteiger partial charge in [-0.05, 0) is 57.2 Å². The second-order valence-electron chi connectivity index (χ2n) is 7.10. The summed E-state index contributed by atoms with van der Waals surface area (Å²) in [5, 5.41) is 11.4. The molecule has 1 aromatic carbocycles. The number of fused-ring (bicyclic) bond motifs is 1. The van der Waals surface area contributed by atoms with Gasteiger partial charge in [0.1, 0.15) is 11.6 Å². The van der Waals surface area contributed by atoms with E-state index in [1.165, 1.54) is 5.56 Å². The zero-order chi connectivity index (χ0) is 20.6. The van der Waals surface area contributed by atoms with Crippen LogP contribution in [0.5, 0.6) is 11.5 Å². The highest BCUT2D eigenvalue weighted by Gasteiger charge is 2.24. The van der Waals surface area contributed by atoms with Crippen molar-refractivity contribution in [1.82, 2.24) is 25.4 Å². The molecular weight excluding hydrogens is 495 g/mol. The highest BCUT2D eigenvalue weighted by atomic mass is 127. The standard InChI is InChI=1S/C21H32N6O2.HI/c1-5-29-19-14-16(10-11-18(19)28-4)8-6-12-23-21(22-3)25-17-9-7-13-27-20(17)24-15(2)26-27;/h10-11,14,17H,5-9,12-13H2,1-4H3,(H2,22,23,25);1H. The van der Waals surface area contributed by atoms with Crippen LogP contribution in [0.25, 0.3) is 0 Å². The Morgan fingerprint density at radius 2 is 2.17 bits per heavy atom. The van der Waals surface area contributed by atoms with Crippen molar-refractivity contribution in [2.75, 3.05) is 27.3 Å². The van der Waals surface area contributed by atoms with Gasteiger partial charge in [-0.1, -0.05) is 6.07 Å². The van der Waals surface area contributed by atoms with E-state index in [0.717, 1.165) is 67.9 Å². The molecule has 3 rings (SSSR count). The number of hydrogen-bond acceptors (Lipinski definition) is 5. The Bertz CT molecular complexity index is 839. The summed E-state index contributed by atoms with van der Waals surface area (Å²) in [4.78, 5) is 8.95. The number of halogens is 1. The zero-order valence-corrected chi connectivity index (χ0v) is 20.6. The van der Waals surface area contributed by atoms with Gasteiger partial charge in [-0.15, -0.1) is 24.0 Å². The van der Waals surface area contributed by atoms with Crippen molar-refractivity contribution in [3.63, 3.8) is 0 Å². The summed E-state index contributed by atoms with van der Waals surface area (Å²) in [5.74, 6) is 4.19. The molecule has 1 unspecified atom stereocenters. The van der Waals surface area contributed by atoms with Crippen LogP contribution in [0, 0.1) is 6.92 Å². The summed E-state index contributed by atoms with van der Waals surface area (Å²) < 4.78 is 13.0. The van der Waals surface area contributed by atoms with Gasteiger partial charge in [0.25, 0.3) is 0 Å². The molecule has 2 heterocycles. The van der Waals surface area contributed by atoms with Crippen LogP contribution < -0.4 is 20.1 Å². The van der Waals surface area contributed by atoms with Gasteiger partial charge >= 0.3 is 0 Å². The Morgan fingerprint density at radius 3 is 2.90 bits per heavy atom. The lowest BCUT2D eigenvalue weighted by atomic mass is 10.1. The number of benzene rings is 1. The van der Waals surface area contributed by atoms with Gasteiger partial charge in [-0.3, -0.25) is 4.99 Å². The zero-order valence-electron chi connectivity index (χ0n) is 18.3. The summed E-state index contributed by atoms with van der Waals surface area (Å²) in [5.41, 5.74) is 1.23. The average Bonchev–Trinajstić information content (AvgIpc) is 3.11. The van der Waals surface area contributed by atoms with Crippen molar-refractivity contribution >= 4 is 29.9 Å². The topological polar surface area (TPSA) is 85.6 Å². The molecule has 1 atom stereocenters. The first-order valence-corrected chi connectivity index (χ1v) is 10.3. The quantitative estimate of drug-likeness (QED) is 0.237. The van der Waals surface area contributed by atoms with Gasteiger partial charge in [0.15, 0.2) is 17.5 Å². The van der Waals surface area contributed by atoms with Gasteiger partial charge in [0.05, 0.1) is 19.8 Å². The number of aryl methyl sites for hydroxylation is 3. The highest BCUT2D eigenvalue weighted by molar-refractivity contribution is 14.0. The van der Waals surface area contributed by atoms with E-state index in [0.29, 0.717) is 6.61 Å². The van der Waals surface area contributed by atoms with Crippen molar-refractivity contribution in [3.8, 4) is 11.5 Å². The first kappa shape index (κ1) is 24.2. The molecule has 2 N–H and O–H groups in total. The van der Waals surface area contributed by atoms with Crippen molar-refractivity contribution in [2.45, 2.75) is 52.1 Å². The molecule has 0 amide bonds. The minimum absolute atomic E-state index is 0. The third-order valence-electron chi connectivity index (χ3n) is 4.98. The van der Waals surface area contributed by atoms with Crippen LogP contribution in [0.1, 0.15) is 49.4 Å². The van der Waals surface area contributed by atoms with E-state index in [1.807, 2.05) is 24.6 Å². The molecule has 0 spiro atoms. The molecule has 0 fully saturated rings. The van der Waals surface area contributed by atoms with Crippen molar-refractivity contribution < 1.29 is 9.47 Å². The Balaban J connectivity index is 0.00000320. The van der Waals surface area contributed by atoms with Crippen LogP contribution >= 0.6 is 24.0 Å². The van der Waals surface area contributed by atoms with E-state index in [9.17, 15) is 0 Å². The normalized spacial score (nSPS) is 15.7. The first-order chi connectivity index (χ1) is 14.1. The molecule has 2 aromatic rings. The van der Waals surface area contributed by atoms with Crippen LogP contribution in [-0.2, 0) is 13.0 Å². The fourth-order valence-corrected chi connectivity index (χ4v) is 3.61. The summed E-state index contributed by atoms with van der Waals surface area (Å²) in [6.07, 6.45) is 4.05. The number of nitrogens with one attached hydrogen (secondary N) is 2. The Kier molecular flexibility index (Phi) is 9.67. The average molecular weight is 528 g/mol. The minimum Gasteiger partial charge on any atom is -0.493 e. The second-order valence-corrected chi connectivity index (χ2v) is 7.10. The Hall–Kier alpha value is -2.04. The lowest BCUT2D eigenvalue weighted by Gasteiger charge is -2.25. The summed E-state index contributed by atoms with van der Waals surface area (Å²) in [6, 6.07) is 6.26. The van der Waals surface area contributed by atoms with Gasteiger partial charge < -0.3 is 20.1 Å². The number of guanidine groups is 1. The maximum atomic E-state index is 5.66. The van der Waals surface area contributed by atoms with E-state index in [-0.39, 0.29) is 30.0 Å². The number of ether oxygens (including phenoxy) is 2. The molecule has 1 aliphatic heterocycles. The van der Waals surface area contributed by atoms with Crippen LogP contribution in [0.4, 0.5) is 0 Å². The van der Waals surface area contributed by atoms with E-state index in [4.69, 9.17) is 9.47 Å². The fourth-order valence-electron chi connectivity index (χ4n) is 3.61. The Morgan fingerprint density at radius 1 is 1.33 bits per heavy atom. The lowest BCUT2D eigenvalue weighted by Crippen LogP contribution is -2.41. The molecule has 0 bridgehead atoms. The SMILES string of the molecule is CCOc1cc(CCCNC(=NC)NC2CCCn3nc(C)nc32)ccc1OC.I. The van der Waals surface area contributed by atoms with Gasteiger partial charge in [0, 0.05) is 20.1 Å². The van der Waals surface area contributed by atoms with Crippen LogP contribution in [0.2, 0.25) is 0 Å². The predicted octanol–water partition coefficient (Wildman–Crippen LogP) is 3.24. The van der Waals surface area contributed by atoms with Gasteiger partial charge in [-0.2, -0.15) is 5.10 Å².